The lowest BCUT2D eigenvalue weighted by molar-refractivity contribution is -0.135. The van der Waals surface area contributed by atoms with E-state index < -0.39 is 21.8 Å². The maximum Gasteiger partial charge on any atom is 0.323 e. The number of ether oxygens (including phenoxy) is 1. The molecule has 8 nitrogen and oxygen atoms in total. The zero-order valence-electron chi connectivity index (χ0n) is 11.6. The maximum atomic E-state index is 11.6. The quantitative estimate of drug-likeness (QED) is 0.778. The Morgan fingerprint density at radius 2 is 2.33 bits per heavy atom. The summed E-state index contributed by atoms with van der Waals surface area (Å²) in [5.74, 6) is -0.588. The smallest absolute Gasteiger partial charge is 0.323 e. The van der Waals surface area contributed by atoms with Crippen LogP contribution >= 0.6 is 0 Å². The number of carboxylic acids is 1. The van der Waals surface area contributed by atoms with Gasteiger partial charge in [-0.15, -0.1) is 0 Å². The van der Waals surface area contributed by atoms with Crippen LogP contribution in [0, 0.1) is 0 Å². The summed E-state index contributed by atoms with van der Waals surface area (Å²) in [5, 5.41) is 9.03. The van der Waals surface area contributed by atoms with Crippen molar-refractivity contribution in [3.8, 4) is 5.88 Å². The monoisotopic (exact) mass is 315 g/mol. The van der Waals surface area contributed by atoms with Gasteiger partial charge in [-0.2, -0.15) is 4.98 Å². The molecule has 2 heterocycles. The molecule has 1 N–H and O–H groups in total. The maximum absolute atomic E-state index is 11.6. The summed E-state index contributed by atoms with van der Waals surface area (Å²) in [6, 6.07) is 1.14. The first-order valence-electron chi connectivity index (χ1n) is 6.56. The van der Waals surface area contributed by atoms with Crippen molar-refractivity contribution < 1.29 is 23.1 Å². The molecule has 0 spiro atoms. The Morgan fingerprint density at radius 1 is 1.57 bits per heavy atom. The summed E-state index contributed by atoms with van der Waals surface area (Å²) in [5.41, 5.74) is 0. The highest BCUT2D eigenvalue weighted by Crippen LogP contribution is 2.22. The topological polar surface area (TPSA) is 110 Å². The number of carbonyl (C=O) groups is 1. The van der Waals surface area contributed by atoms with E-state index >= 15 is 0 Å². The Kier molecular flexibility index (Phi) is 4.61. The number of hydrogen-bond donors (Lipinski definition) is 1. The third-order valence-corrected chi connectivity index (χ3v) is 4.87. The number of rotatable bonds is 6. The predicted octanol–water partition coefficient (Wildman–Crippen LogP) is -0.0466. The van der Waals surface area contributed by atoms with Gasteiger partial charge in [-0.25, -0.2) is 13.4 Å². The third kappa shape index (κ3) is 4.03. The summed E-state index contributed by atoms with van der Waals surface area (Å²) < 4.78 is 28.4. The summed E-state index contributed by atoms with van der Waals surface area (Å²) in [7, 11) is -3.13. The molecule has 1 aliphatic heterocycles. The van der Waals surface area contributed by atoms with Crippen molar-refractivity contribution in [3.63, 3.8) is 0 Å². The zero-order valence-corrected chi connectivity index (χ0v) is 12.4. The molecular weight excluding hydrogens is 298 g/mol. The van der Waals surface area contributed by atoms with Crippen molar-refractivity contribution in [1.82, 2.24) is 9.97 Å². The molecule has 1 atom stereocenters. The van der Waals surface area contributed by atoms with Gasteiger partial charge in [0, 0.05) is 18.3 Å². The van der Waals surface area contributed by atoms with Gasteiger partial charge in [0.15, 0.2) is 9.84 Å². The number of aromatic nitrogens is 2. The molecule has 0 aliphatic carbocycles. The molecule has 0 amide bonds. The fourth-order valence-electron chi connectivity index (χ4n) is 2.23. The van der Waals surface area contributed by atoms with Crippen molar-refractivity contribution in [3.05, 3.63) is 12.3 Å². The fraction of sp³-hybridized carbons (Fsp3) is 0.583. The van der Waals surface area contributed by atoms with E-state index in [0.29, 0.717) is 18.9 Å². The average Bonchev–Trinajstić information content (AvgIpc) is 2.77. The van der Waals surface area contributed by atoms with Gasteiger partial charge in [0.05, 0.1) is 18.1 Å². The van der Waals surface area contributed by atoms with Crippen LogP contribution in [0.5, 0.6) is 5.88 Å². The number of sulfone groups is 1. The molecule has 1 saturated heterocycles. The van der Waals surface area contributed by atoms with Crippen molar-refractivity contribution >= 4 is 21.8 Å². The first-order chi connectivity index (χ1) is 9.91. The van der Waals surface area contributed by atoms with Crippen molar-refractivity contribution in [1.29, 1.82) is 0 Å². The van der Waals surface area contributed by atoms with Gasteiger partial charge in [0.1, 0.15) is 6.54 Å². The second-order valence-electron chi connectivity index (χ2n) is 4.71. The Labute approximate surface area is 122 Å². The van der Waals surface area contributed by atoms with Gasteiger partial charge in [-0.1, -0.05) is 0 Å². The zero-order chi connectivity index (χ0) is 15.5. The molecule has 21 heavy (non-hydrogen) atoms. The highest BCUT2D eigenvalue weighted by atomic mass is 32.2. The van der Waals surface area contributed by atoms with E-state index in [1.54, 1.807) is 13.0 Å². The van der Waals surface area contributed by atoms with Crippen molar-refractivity contribution in [2.45, 2.75) is 19.4 Å². The lowest BCUT2D eigenvalue weighted by atomic mass is 10.2. The lowest BCUT2D eigenvalue weighted by Gasteiger charge is -2.26. The van der Waals surface area contributed by atoms with Crippen LogP contribution in [0.25, 0.3) is 0 Å². The minimum absolute atomic E-state index is 0.0545. The van der Waals surface area contributed by atoms with E-state index in [-0.39, 0.29) is 24.0 Å². The lowest BCUT2D eigenvalue weighted by Crippen LogP contribution is -2.41. The standard InChI is InChI=1S/C12H17N3O5S/c1-2-20-10-3-5-13-12(14-10)15(7-11(16)17)9-4-6-21(18,19)8-9/h3,5,9H,2,4,6-8H2,1H3,(H,16,17). The molecular formula is C12H17N3O5S. The second kappa shape index (κ2) is 6.25. The van der Waals surface area contributed by atoms with Crippen molar-refractivity contribution in [2.75, 3.05) is 29.6 Å². The van der Waals surface area contributed by atoms with Crippen LogP contribution in [0.2, 0.25) is 0 Å². The van der Waals surface area contributed by atoms with Crippen LogP contribution in [0.4, 0.5) is 5.95 Å². The Balaban J connectivity index is 2.27. The molecule has 0 bridgehead atoms. The highest BCUT2D eigenvalue weighted by molar-refractivity contribution is 7.91. The molecule has 1 aliphatic rings. The number of hydrogen-bond acceptors (Lipinski definition) is 7. The minimum Gasteiger partial charge on any atom is -0.480 e. The van der Waals surface area contributed by atoms with E-state index in [1.807, 2.05) is 0 Å². The Bertz CT molecular complexity index is 619. The van der Waals surface area contributed by atoms with E-state index in [0.717, 1.165) is 0 Å². The third-order valence-electron chi connectivity index (χ3n) is 3.12. The molecule has 0 aromatic carbocycles. The van der Waals surface area contributed by atoms with Gasteiger partial charge in [-0.05, 0) is 13.3 Å². The number of anilines is 1. The molecule has 9 heteroatoms. The van der Waals surface area contributed by atoms with Crippen LogP contribution in [0.1, 0.15) is 13.3 Å². The molecule has 0 saturated carbocycles. The summed E-state index contributed by atoms with van der Waals surface area (Å²) in [6.45, 7) is 1.88. The van der Waals surface area contributed by atoms with Crippen LogP contribution < -0.4 is 9.64 Å². The first-order valence-corrected chi connectivity index (χ1v) is 8.38. The largest absolute Gasteiger partial charge is 0.480 e. The first kappa shape index (κ1) is 15.5. The minimum atomic E-state index is -3.13. The van der Waals surface area contributed by atoms with E-state index in [4.69, 9.17) is 9.84 Å². The molecule has 116 valence electrons. The molecule has 1 fully saturated rings. The van der Waals surface area contributed by atoms with Gasteiger partial charge < -0.3 is 14.7 Å². The SMILES string of the molecule is CCOc1ccnc(N(CC(=O)O)C2CCS(=O)(=O)C2)n1. The van der Waals surface area contributed by atoms with Gasteiger partial charge in [0.2, 0.25) is 11.8 Å². The molecule has 0 radical (unpaired) electrons. The summed E-state index contributed by atoms with van der Waals surface area (Å²) >= 11 is 0. The van der Waals surface area contributed by atoms with Gasteiger partial charge in [0.25, 0.3) is 0 Å². The Hall–Kier alpha value is -1.90. The van der Waals surface area contributed by atoms with Crippen LogP contribution in [0.15, 0.2) is 12.3 Å². The molecule has 2 rings (SSSR count). The highest BCUT2D eigenvalue weighted by Gasteiger charge is 2.34. The predicted molar refractivity (Wildman–Crippen MR) is 75.2 cm³/mol. The number of aliphatic carboxylic acids is 1. The number of nitrogens with zero attached hydrogens (tertiary/aromatic N) is 3. The number of carboxylic acid groups (broad SMARTS) is 1. The van der Waals surface area contributed by atoms with Crippen LogP contribution in [-0.4, -0.2) is 60.2 Å². The Morgan fingerprint density at radius 3 is 2.90 bits per heavy atom. The molecule has 1 aromatic heterocycles. The van der Waals surface area contributed by atoms with Gasteiger partial charge >= 0.3 is 5.97 Å². The van der Waals surface area contributed by atoms with Crippen molar-refractivity contribution in [2.24, 2.45) is 0 Å². The summed E-state index contributed by atoms with van der Waals surface area (Å²) in [4.78, 5) is 20.6. The second-order valence-corrected chi connectivity index (χ2v) is 6.94. The van der Waals surface area contributed by atoms with Crippen LogP contribution in [0.3, 0.4) is 0 Å². The van der Waals surface area contributed by atoms with E-state index in [1.165, 1.54) is 11.1 Å². The molecule has 1 unspecified atom stereocenters. The summed E-state index contributed by atoms with van der Waals surface area (Å²) in [6.07, 6.45) is 1.84. The fourth-order valence-corrected chi connectivity index (χ4v) is 3.96. The van der Waals surface area contributed by atoms with Gasteiger partial charge in [-0.3, -0.25) is 4.79 Å². The van der Waals surface area contributed by atoms with E-state index in [2.05, 4.69) is 9.97 Å². The molecule has 1 aromatic rings. The normalized spacial score (nSPS) is 20.1. The average molecular weight is 315 g/mol. The van der Waals surface area contributed by atoms with E-state index in [9.17, 15) is 13.2 Å². The van der Waals surface area contributed by atoms with Crippen LogP contribution in [-0.2, 0) is 14.6 Å².